The molecular formula is C20H23ClFN3O3S. The minimum Gasteiger partial charge on any atom is -0.339 e. The second-order valence-corrected chi connectivity index (χ2v) is 9.21. The first-order valence-electron chi connectivity index (χ1n) is 9.30. The first kappa shape index (κ1) is 21.7. The van der Waals surface area contributed by atoms with Crippen LogP contribution in [-0.4, -0.2) is 56.3 Å². The summed E-state index contributed by atoms with van der Waals surface area (Å²) in [5, 5.41) is 3.80. The van der Waals surface area contributed by atoms with Gasteiger partial charge < -0.3 is 10.2 Å². The van der Waals surface area contributed by atoms with Gasteiger partial charge in [0.1, 0.15) is 5.82 Å². The molecule has 1 heterocycles. The number of nitrogens with zero attached hydrogens (tertiary/aromatic N) is 2. The van der Waals surface area contributed by atoms with Crippen molar-refractivity contribution in [2.45, 2.75) is 17.9 Å². The van der Waals surface area contributed by atoms with Crippen LogP contribution in [0.15, 0.2) is 53.4 Å². The van der Waals surface area contributed by atoms with Crippen LogP contribution in [0.25, 0.3) is 0 Å². The number of sulfonamides is 1. The van der Waals surface area contributed by atoms with Gasteiger partial charge in [-0.15, -0.1) is 0 Å². The molecule has 1 N–H and O–H groups in total. The molecule has 0 spiro atoms. The predicted molar refractivity (Wildman–Crippen MR) is 110 cm³/mol. The van der Waals surface area contributed by atoms with Crippen LogP contribution in [-0.2, 0) is 14.8 Å². The van der Waals surface area contributed by atoms with E-state index in [0.717, 1.165) is 17.7 Å². The fraction of sp³-hybridized carbons (Fsp3) is 0.350. The van der Waals surface area contributed by atoms with Gasteiger partial charge in [-0.3, -0.25) is 4.79 Å². The first-order valence-corrected chi connectivity index (χ1v) is 11.1. The molecule has 1 aliphatic heterocycles. The second kappa shape index (κ2) is 9.21. The van der Waals surface area contributed by atoms with Gasteiger partial charge in [0.15, 0.2) is 0 Å². The van der Waals surface area contributed by atoms with E-state index < -0.39 is 15.8 Å². The Labute approximate surface area is 175 Å². The van der Waals surface area contributed by atoms with Gasteiger partial charge in [0.05, 0.1) is 11.4 Å². The molecule has 1 atom stereocenters. The van der Waals surface area contributed by atoms with E-state index in [-0.39, 0.29) is 36.5 Å². The molecule has 9 heteroatoms. The lowest BCUT2D eigenvalue weighted by Gasteiger charge is -2.34. The van der Waals surface area contributed by atoms with Crippen molar-refractivity contribution in [3.8, 4) is 0 Å². The van der Waals surface area contributed by atoms with Crippen molar-refractivity contribution in [1.29, 1.82) is 0 Å². The maximum absolute atomic E-state index is 13.1. The predicted octanol–water partition coefficient (Wildman–Crippen LogP) is 2.66. The number of carbonyl (C=O) groups is 1. The Morgan fingerprint density at radius 3 is 2.34 bits per heavy atom. The zero-order chi connectivity index (χ0) is 21.0. The van der Waals surface area contributed by atoms with E-state index in [2.05, 4.69) is 5.32 Å². The van der Waals surface area contributed by atoms with Crippen LogP contribution in [0.2, 0.25) is 5.02 Å². The highest BCUT2D eigenvalue weighted by atomic mass is 35.5. The minimum atomic E-state index is -3.70. The molecule has 2 aromatic carbocycles. The zero-order valence-electron chi connectivity index (χ0n) is 16.0. The van der Waals surface area contributed by atoms with Gasteiger partial charge in [-0.05, 0) is 42.8 Å². The van der Waals surface area contributed by atoms with Crippen LogP contribution in [0, 0.1) is 5.82 Å². The summed E-state index contributed by atoms with van der Waals surface area (Å²) in [6.07, 6.45) is 0. The van der Waals surface area contributed by atoms with Crippen molar-refractivity contribution >= 4 is 27.5 Å². The lowest BCUT2D eigenvalue weighted by molar-refractivity contribution is -0.131. The quantitative estimate of drug-likeness (QED) is 0.751. The van der Waals surface area contributed by atoms with E-state index in [1.54, 1.807) is 11.0 Å². The normalized spacial score (nSPS) is 16.6. The number of rotatable bonds is 6. The van der Waals surface area contributed by atoms with E-state index >= 15 is 0 Å². The summed E-state index contributed by atoms with van der Waals surface area (Å²) < 4.78 is 39.7. The second-order valence-electron chi connectivity index (χ2n) is 6.86. The highest BCUT2D eigenvalue weighted by Gasteiger charge is 2.30. The number of piperazine rings is 1. The molecule has 0 aliphatic carbocycles. The SMILES string of the molecule is C[C@@H](NCC(=O)N1CCN(S(=O)(=O)c2ccc(F)cc2)CC1)c1ccccc1Cl. The molecule has 29 heavy (non-hydrogen) atoms. The van der Waals surface area contributed by atoms with Crippen molar-refractivity contribution < 1.29 is 17.6 Å². The Balaban J connectivity index is 1.53. The molecule has 0 bridgehead atoms. The molecule has 1 saturated heterocycles. The maximum Gasteiger partial charge on any atom is 0.243 e. The van der Waals surface area contributed by atoms with E-state index in [9.17, 15) is 17.6 Å². The van der Waals surface area contributed by atoms with Crippen LogP contribution in [0.5, 0.6) is 0 Å². The third-order valence-electron chi connectivity index (χ3n) is 4.97. The number of benzene rings is 2. The van der Waals surface area contributed by atoms with Gasteiger partial charge in [-0.2, -0.15) is 4.31 Å². The van der Waals surface area contributed by atoms with Crippen molar-refractivity contribution in [2.75, 3.05) is 32.7 Å². The number of hydrogen-bond acceptors (Lipinski definition) is 4. The van der Waals surface area contributed by atoms with Gasteiger partial charge in [-0.25, -0.2) is 12.8 Å². The molecule has 0 radical (unpaired) electrons. The van der Waals surface area contributed by atoms with Crippen LogP contribution in [0.4, 0.5) is 4.39 Å². The minimum absolute atomic E-state index is 0.0499. The highest BCUT2D eigenvalue weighted by Crippen LogP contribution is 2.22. The Hall–Kier alpha value is -2.00. The van der Waals surface area contributed by atoms with E-state index in [0.29, 0.717) is 18.1 Å². The van der Waals surface area contributed by atoms with Crippen LogP contribution >= 0.6 is 11.6 Å². The molecule has 6 nitrogen and oxygen atoms in total. The molecule has 156 valence electrons. The van der Waals surface area contributed by atoms with E-state index in [4.69, 9.17) is 11.6 Å². The number of amides is 1. The number of halogens is 2. The maximum atomic E-state index is 13.1. The number of hydrogen-bond donors (Lipinski definition) is 1. The van der Waals surface area contributed by atoms with Crippen LogP contribution < -0.4 is 5.32 Å². The molecule has 0 unspecified atom stereocenters. The highest BCUT2D eigenvalue weighted by molar-refractivity contribution is 7.89. The van der Waals surface area contributed by atoms with Gasteiger partial charge in [-0.1, -0.05) is 29.8 Å². The lowest BCUT2D eigenvalue weighted by Crippen LogP contribution is -2.52. The summed E-state index contributed by atoms with van der Waals surface area (Å²) in [6, 6.07) is 12.1. The average molecular weight is 440 g/mol. The standard InChI is InChI=1S/C20H23ClFN3O3S/c1-15(18-4-2-3-5-19(18)21)23-14-20(26)24-10-12-25(13-11-24)29(27,28)17-8-6-16(22)7-9-17/h2-9,15,23H,10-14H2,1H3/t15-/m1/s1. The summed E-state index contributed by atoms with van der Waals surface area (Å²) in [5.74, 6) is -0.583. The Bertz CT molecular complexity index is 961. The zero-order valence-corrected chi connectivity index (χ0v) is 17.6. The van der Waals surface area contributed by atoms with Crippen LogP contribution in [0.3, 0.4) is 0 Å². The molecule has 3 rings (SSSR count). The molecule has 1 fully saturated rings. The number of nitrogens with one attached hydrogen (secondary N) is 1. The summed E-state index contributed by atoms with van der Waals surface area (Å²) in [6.45, 7) is 3.08. The lowest BCUT2D eigenvalue weighted by atomic mass is 10.1. The van der Waals surface area contributed by atoms with Crippen molar-refractivity contribution in [2.24, 2.45) is 0 Å². The average Bonchev–Trinajstić information content (AvgIpc) is 2.72. The van der Waals surface area contributed by atoms with Gasteiger partial charge >= 0.3 is 0 Å². The van der Waals surface area contributed by atoms with E-state index in [1.165, 1.54) is 16.4 Å². The molecule has 1 amide bonds. The largest absolute Gasteiger partial charge is 0.339 e. The van der Waals surface area contributed by atoms with Crippen LogP contribution in [0.1, 0.15) is 18.5 Å². The van der Waals surface area contributed by atoms with Gasteiger partial charge in [0.25, 0.3) is 0 Å². The van der Waals surface area contributed by atoms with Crippen molar-refractivity contribution in [3.63, 3.8) is 0 Å². The molecule has 0 saturated carbocycles. The molecule has 2 aromatic rings. The third kappa shape index (κ3) is 5.14. The van der Waals surface area contributed by atoms with Gasteiger partial charge in [0, 0.05) is 37.2 Å². The topological polar surface area (TPSA) is 69.7 Å². The molecule has 0 aromatic heterocycles. The summed E-state index contributed by atoms with van der Waals surface area (Å²) in [5.41, 5.74) is 0.914. The van der Waals surface area contributed by atoms with Crippen molar-refractivity contribution in [1.82, 2.24) is 14.5 Å². The third-order valence-corrected chi connectivity index (χ3v) is 7.23. The molecular weight excluding hydrogens is 417 g/mol. The summed E-state index contributed by atoms with van der Waals surface area (Å²) in [7, 11) is -3.70. The molecule has 1 aliphatic rings. The fourth-order valence-corrected chi connectivity index (χ4v) is 4.94. The van der Waals surface area contributed by atoms with E-state index in [1.807, 2.05) is 25.1 Å². The Kier molecular flexibility index (Phi) is 6.89. The number of carbonyl (C=O) groups excluding carboxylic acids is 1. The Morgan fingerprint density at radius 1 is 1.10 bits per heavy atom. The summed E-state index contributed by atoms with van der Waals surface area (Å²) in [4.78, 5) is 14.2. The monoisotopic (exact) mass is 439 g/mol. The summed E-state index contributed by atoms with van der Waals surface area (Å²) >= 11 is 6.18. The fourth-order valence-electron chi connectivity index (χ4n) is 3.22. The van der Waals surface area contributed by atoms with Crippen molar-refractivity contribution in [3.05, 3.63) is 64.9 Å². The first-order chi connectivity index (χ1) is 13.8. The Morgan fingerprint density at radius 2 is 1.72 bits per heavy atom. The smallest absolute Gasteiger partial charge is 0.243 e. The van der Waals surface area contributed by atoms with Gasteiger partial charge in [0.2, 0.25) is 15.9 Å².